The van der Waals surface area contributed by atoms with Gasteiger partial charge in [0, 0.05) is 6.54 Å². The maximum Gasteiger partial charge on any atom is 0.315 e. The second-order valence-corrected chi connectivity index (χ2v) is 4.59. The first kappa shape index (κ1) is 13.4. The van der Waals surface area contributed by atoms with Gasteiger partial charge in [0.05, 0.1) is 12.8 Å². The van der Waals surface area contributed by atoms with Crippen molar-refractivity contribution in [1.29, 1.82) is 0 Å². The Balaban J connectivity index is 1.49. The summed E-state index contributed by atoms with van der Waals surface area (Å²) in [7, 11) is 0. The second kappa shape index (κ2) is 6.21. The smallest absolute Gasteiger partial charge is 0.315 e. The van der Waals surface area contributed by atoms with Gasteiger partial charge >= 0.3 is 6.03 Å². The topological polar surface area (TPSA) is 72.7 Å². The molecule has 2 heterocycles. The summed E-state index contributed by atoms with van der Waals surface area (Å²) in [6.45, 7) is 1.90. The third kappa shape index (κ3) is 3.47. The number of hydrogen-bond donors (Lipinski definition) is 2. The molecule has 21 heavy (non-hydrogen) atoms. The van der Waals surface area contributed by atoms with Crippen LogP contribution in [0.25, 0.3) is 0 Å². The number of fused-ring (bicyclic) bond motifs is 1. The van der Waals surface area contributed by atoms with Crippen molar-refractivity contribution in [2.24, 2.45) is 0 Å². The highest BCUT2D eigenvalue weighted by Crippen LogP contribution is 2.30. The summed E-state index contributed by atoms with van der Waals surface area (Å²) in [5.74, 6) is 2.17. The van der Waals surface area contributed by atoms with Gasteiger partial charge in [0.2, 0.25) is 0 Å². The van der Waals surface area contributed by atoms with Gasteiger partial charge in [-0.1, -0.05) is 6.07 Å². The third-order valence-electron chi connectivity index (χ3n) is 3.06. The van der Waals surface area contributed by atoms with E-state index >= 15 is 0 Å². The van der Waals surface area contributed by atoms with Crippen molar-refractivity contribution < 1.29 is 18.7 Å². The molecule has 6 nitrogen and oxygen atoms in total. The van der Waals surface area contributed by atoms with Crippen LogP contribution >= 0.6 is 0 Å². The fourth-order valence-corrected chi connectivity index (χ4v) is 2.02. The van der Waals surface area contributed by atoms with E-state index in [4.69, 9.17) is 13.9 Å². The minimum absolute atomic E-state index is 0.249. The van der Waals surface area contributed by atoms with Crippen LogP contribution in [0, 0.1) is 0 Å². The highest BCUT2D eigenvalue weighted by molar-refractivity contribution is 5.73. The average Bonchev–Trinajstić information content (AvgIpc) is 3.04. The molecule has 1 aliphatic heterocycles. The van der Waals surface area contributed by atoms with Gasteiger partial charge in [-0.05, 0) is 29.8 Å². The molecular formula is C15H16N2O4. The molecule has 2 amide bonds. The van der Waals surface area contributed by atoms with Gasteiger partial charge in [-0.2, -0.15) is 0 Å². The van der Waals surface area contributed by atoms with Crippen LogP contribution in [-0.2, 0) is 13.1 Å². The first-order valence-electron chi connectivity index (χ1n) is 6.74. The van der Waals surface area contributed by atoms with Gasteiger partial charge in [0.25, 0.3) is 0 Å². The SMILES string of the molecule is O=C(NCc1ccc2c(c1)OCCO2)NCc1ccco1. The molecule has 0 saturated carbocycles. The van der Waals surface area contributed by atoms with Gasteiger partial charge < -0.3 is 24.5 Å². The molecule has 0 fully saturated rings. The van der Waals surface area contributed by atoms with Gasteiger partial charge in [-0.3, -0.25) is 0 Å². The Kier molecular flexibility index (Phi) is 3.95. The van der Waals surface area contributed by atoms with E-state index in [2.05, 4.69) is 10.6 Å². The Morgan fingerprint density at radius 3 is 2.67 bits per heavy atom. The molecule has 110 valence electrons. The van der Waals surface area contributed by atoms with Crippen molar-refractivity contribution in [2.75, 3.05) is 13.2 Å². The van der Waals surface area contributed by atoms with Crippen molar-refractivity contribution in [2.45, 2.75) is 13.1 Å². The van der Waals surface area contributed by atoms with E-state index in [-0.39, 0.29) is 6.03 Å². The molecule has 6 heteroatoms. The summed E-state index contributed by atoms with van der Waals surface area (Å²) in [5.41, 5.74) is 0.951. The molecular weight excluding hydrogens is 272 g/mol. The van der Waals surface area contributed by atoms with Crippen molar-refractivity contribution >= 4 is 6.03 Å². The van der Waals surface area contributed by atoms with Crippen LogP contribution in [0.15, 0.2) is 41.0 Å². The molecule has 0 spiro atoms. The molecule has 0 atom stereocenters. The molecule has 1 aliphatic rings. The van der Waals surface area contributed by atoms with Crippen LogP contribution in [0.5, 0.6) is 11.5 Å². The zero-order valence-corrected chi connectivity index (χ0v) is 11.4. The molecule has 3 rings (SSSR count). The highest BCUT2D eigenvalue weighted by atomic mass is 16.6. The highest BCUT2D eigenvalue weighted by Gasteiger charge is 2.11. The lowest BCUT2D eigenvalue weighted by atomic mass is 10.2. The molecule has 0 aliphatic carbocycles. The Morgan fingerprint density at radius 2 is 1.86 bits per heavy atom. The zero-order chi connectivity index (χ0) is 14.5. The summed E-state index contributed by atoms with van der Waals surface area (Å²) in [6.07, 6.45) is 1.57. The van der Waals surface area contributed by atoms with E-state index in [1.165, 1.54) is 0 Å². The van der Waals surface area contributed by atoms with E-state index < -0.39 is 0 Å². The molecule has 2 N–H and O–H groups in total. The Morgan fingerprint density at radius 1 is 1.05 bits per heavy atom. The van der Waals surface area contributed by atoms with Crippen molar-refractivity contribution in [3.05, 3.63) is 47.9 Å². The minimum atomic E-state index is -0.249. The van der Waals surface area contributed by atoms with Crippen molar-refractivity contribution in [3.63, 3.8) is 0 Å². The molecule has 1 aromatic heterocycles. The molecule has 0 bridgehead atoms. The Hall–Kier alpha value is -2.63. The monoisotopic (exact) mass is 288 g/mol. The summed E-state index contributed by atoms with van der Waals surface area (Å²) in [4.78, 5) is 11.7. The molecule has 2 aromatic rings. The van der Waals surface area contributed by atoms with Gasteiger partial charge in [-0.25, -0.2) is 4.79 Å². The predicted molar refractivity (Wildman–Crippen MR) is 75.2 cm³/mol. The lowest BCUT2D eigenvalue weighted by Crippen LogP contribution is -2.34. The lowest BCUT2D eigenvalue weighted by molar-refractivity contribution is 0.171. The molecule has 0 radical (unpaired) electrons. The number of hydrogen-bond acceptors (Lipinski definition) is 4. The van der Waals surface area contributed by atoms with E-state index in [0.29, 0.717) is 32.1 Å². The molecule has 0 unspecified atom stereocenters. The first-order chi connectivity index (χ1) is 10.3. The van der Waals surface area contributed by atoms with Crippen LogP contribution < -0.4 is 20.1 Å². The van der Waals surface area contributed by atoms with Crippen LogP contribution in [0.4, 0.5) is 4.79 Å². The van der Waals surface area contributed by atoms with Crippen LogP contribution in [0.2, 0.25) is 0 Å². The fourth-order valence-electron chi connectivity index (χ4n) is 2.02. The summed E-state index contributed by atoms with van der Waals surface area (Å²) in [5, 5.41) is 5.50. The standard InChI is InChI=1S/C15H16N2O4/c18-15(17-10-12-2-1-5-19-12)16-9-11-3-4-13-14(8-11)21-7-6-20-13/h1-5,8H,6-7,9-10H2,(H2,16,17,18). The number of ether oxygens (including phenoxy) is 2. The largest absolute Gasteiger partial charge is 0.486 e. The van der Waals surface area contributed by atoms with Gasteiger partial charge in [0.1, 0.15) is 19.0 Å². The van der Waals surface area contributed by atoms with E-state index in [9.17, 15) is 4.79 Å². The van der Waals surface area contributed by atoms with Crippen LogP contribution in [0.1, 0.15) is 11.3 Å². The maximum absolute atomic E-state index is 11.7. The van der Waals surface area contributed by atoms with E-state index in [1.807, 2.05) is 18.2 Å². The van der Waals surface area contributed by atoms with E-state index in [1.54, 1.807) is 18.4 Å². The molecule has 0 saturated heterocycles. The van der Waals surface area contributed by atoms with E-state index in [0.717, 1.165) is 17.1 Å². The number of carbonyl (C=O) groups is 1. The Bertz CT molecular complexity index is 610. The Labute approximate surface area is 122 Å². The van der Waals surface area contributed by atoms with Crippen molar-refractivity contribution in [3.8, 4) is 11.5 Å². The number of benzene rings is 1. The number of rotatable bonds is 4. The van der Waals surface area contributed by atoms with Gasteiger partial charge in [0.15, 0.2) is 11.5 Å². The first-order valence-corrected chi connectivity index (χ1v) is 6.74. The predicted octanol–water partition coefficient (Wildman–Crippen LogP) is 2.05. The zero-order valence-electron chi connectivity index (χ0n) is 11.4. The number of amides is 2. The third-order valence-corrected chi connectivity index (χ3v) is 3.06. The minimum Gasteiger partial charge on any atom is -0.486 e. The lowest BCUT2D eigenvalue weighted by Gasteiger charge is -2.19. The number of urea groups is 1. The number of carbonyl (C=O) groups excluding carboxylic acids is 1. The molecule has 1 aromatic carbocycles. The number of nitrogens with one attached hydrogen (secondary N) is 2. The fraction of sp³-hybridized carbons (Fsp3) is 0.267. The van der Waals surface area contributed by atoms with Crippen molar-refractivity contribution in [1.82, 2.24) is 10.6 Å². The maximum atomic E-state index is 11.7. The normalized spacial score (nSPS) is 12.8. The number of furan rings is 1. The van der Waals surface area contributed by atoms with Gasteiger partial charge in [-0.15, -0.1) is 0 Å². The summed E-state index contributed by atoms with van der Waals surface area (Å²) >= 11 is 0. The second-order valence-electron chi connectivity index (χ2n) is 4.59. The van der Waals surface area contributed by atoms with Crippen LogP contribution in [0.3, 0.4) is 0 Å². The summed E-state index contributed by atoms with van der Waals surface area (Å²) in [6, 6.07) is 8.97. The van der Waals surface area contributed by atoms with Crippen LogP contribution in [-0.4, -0.2) is 19.2 Å². The quantitative estimate of drug-likeness (QED) is 0.903. The average molecular weight is 288 g/mol. The summed E-state index contributed by atoms with van der Waals surface area (Å²) < 4.78 is 16.1.